The average molecular weight is 319 g/mol. The van der Waals surface area contributed by atoms with Crippen molar-refractivity contribution in [2.75, 3.05) is 13.2 Å². The summed E-state index contributed by atoms with van der Waals surface area (Å²) in [6.45, 7) is 5.65. The molecule has 0 atom stereocenters. The van der Waals surface area contributed by atoms with Crippen LogP contribution in [-0.2, 0) is 9.59 Å². The van der Waals surface area contributed by atoms with E-state index in [0.717, 1.165) is 0 Å². The minimum atomic E-state index is -1.14. The lowest BCUT2D eigenvalue weighted by atomic mass is 10.1. The van der Waals surface area contributed by atoms with Crippen LogP contribution in [0.3, 0.4) is 0 Å². The van der Waals surface area contributed by atoms with E-state index in [2.05, 4.69) is 17.0 Å². The standard InChI is InChI=1S/C15H17N3O5/c1-3-7-16-13(19)14(20)18-17-9-10-5-6-12(23-4-2)11(8-10)15(21)22/h3,5-6,8-9H,1,4,7H2,2H3,(H,16,19)(H,18,20)(H,21,22)/b17-9-. The lowest BCUT2D eigenvalue weighted by molar-refractivity contribution is -0.139. The summed E-state index contributed by atoms with van der Waals surface area (Å²) in [6.07, 6.45) is 2.66. The molecule has 0 aromatic heterocycles. The van der Waals surface area contributed by atoms with E-state index in [1.165, 1.54) is 24.4 Å². The number of hydrogen-bond acceptors (Lipinski definition) is 5. The van der Waals surface area contributed by atoms with Gasteiger partial charge in [0.1, 0.15) is 11.3 Å². The zero-order chi connectivity index (χ0) is 17.2. The maximum atomic E-state index is 11.4. The predicted molar refractivity (Wildman–Crippen MR) is 83.5 cm³/mol. The number of carboxylic acids is 1. The zero-order valence-corrected chi connectivity index (χ0v) is 12.5. The number of nitrogens with zero attached hydrogens (tertiary/aromatic N) is 1. The second-order valence-electron chi connectivity index (χ2n) is 4.19. The topological polar surface area (TPSA) is 117 Å². The van der Waals surface area contributed by atoms with Crippen molar-refractivity contribution >= 4 is 24.0 Å². The summed E-state index contributed by atoms with van der Waals surface area (Å²) in [5.41, 5.74) is 2.44. The maximum Gasteiger partial charge on any atom is 0.339 e. The molecule has 122 valence electrons. The van der Waals surface area contributed by atoms with Crippen LogP contribution < -0.4 is 15.5 Å². The first kappa shape index (κ1) is 17.9. The molecular formula is C15H17N3O5. The minimum Gasteiger partial charge on any atom is -0.493 e. The SMILES string of the molecule is C=CCNC(=O)C(=O)N/N=C\c1ccc(OCC)c(C(=O)O)c1. The molecule has 0 spiro atoms. The van der Waals surface area contributed by atoms with Gasteiger partial charge in [-0.25, -0.2) is 10.2 Å². The molecule has 0 aliphatic rings. The molecule has 23 heavy (non-hydrogen) atoms. The summed E-state index contributed by atoms with van der Waals surface area (Å²) in [7, 11) is 0. The number of ether oxygens (including phenoxy) is 1. The number of nitrogens with one attached hydrogen (secondary N) is 2. The van der Waals surface area contributed by atoms with Crippen molar-refractivity contribution in [3.05, 3.63) is 42.0 Å². The quantitative estimate of drug-likeness (QED) is 0.293. The van der Waals surface area contributed by atoms with Crippen LogP contribution in [0.2, 0.25) is 0 Å². The van der Waals surface area contributed by atoms with Crippen LogP contribution in [0, 0.1) is 0 Å². The van der Waals surface area contributed by atoms with Crippen molar-refractivity contribution in [3.63, 3.8) is 0 Å². The van der Waals surface area contributed by atoms with Crippen LogP contribution in [0.25, 0.3) is 0 Å². The Morgan fingerprint density at radius 1 is 1.35 bits per heavy atom. The molecule has 0 saturated heterocycles. The Morgan fingerprint density at radius 2 is 2.09 bits per heavy atom. The summed E-state index contributed by atoms with van der Waals surface area (Å²) >= 11 is 0. The summed E-state index contributed by atoms with van der Waals surface area (Å²) in [5, 5.41) is 15.0. The number of benzene rings is 1. The molecular weight excluding hydrogens is 302 g/mol. The van der Waals surface area contributed by atoms with Gasteiger partial charge < -0.3 is 15.2 Å². The molecule has 0 saturated carbocycles. The fourth-order valence-corrected chi connectivity index (χ4v) is 1.54. The van der Waals surface area contributed by atoms with Gasteiger partial charge in [0.2, 0.25) is 0 Å². The van der Waals surface area contributed by atoms with E-state index in [9.17, 15) is 14.4 Å². The molecule has 0 radical (unpaired) electrons. The van der Waals surface area contributed by atoms with E-state index in [1.54, 1.807) is 13.0 Å². The summed E-state index contributed by atoms with van der Waals surface area (Å²) in [4.78, 5) is 33.8. The Hall–Kier alpha value is -3.16. The summed E-state index contributed by atoms with van der Waals surface area (Å²) in [6, 6.07) is 4.42. The first-order valence-corrected chi connectivity index (χ1v) is 6.71. The third-order valence-electron chi connectivity index (χ3n) is 2.53. The molecule has 0 unspecified atom stereocenters. The van der Waals surface area contributed by atoms with E-state index in [-0.39, 0.29) is 17.9 Å². The number of hydrogen-bond donors (Lipinski definition) is 3. The average Bonchev–Trinajstić information content (AvgIpc) is 2.53. The third kappa shape index (κ3) is 5.62. The van der Waals surface area contributed by atoms with Gasteiger partial charge in [0.25, 0.3) is 0 Å². The van der Waals surface area contributed by atoms with Gasteiger partial charge >= 0.3 is 17.8 Å². The van der Waals surface area contributed by atoms with Gasteiger partial charge in [-0.2, -0.15) is 5.10 Å². The molecule has 8 nitrogen and oxygen atoms in total. The third-order valence-corrected chi connectivity index (χ3v) is 2.53. The zero-order valence-electron chi connectivity index (χ0n) is 12.5. The molecule has 0 bridgehead atoms. The maximum absolute atomic E-state index is 11.4. The highest BCUT2D eigenvalue weighted by molar-refractivity contribution is 6.35. The van der Waals surface area contributed by atoms with Crippen LogP contribution >= 0.6 is 0 Å². The van der Waals surface area contributed by atoms with E-state index < -0.39 is 17.8 Å². The van der Waals surface area contributed by atoms with Crippen LogP contribution in [0.4, 0.5) is 0 Å². The fourth-order valence-electron chi connectivity index (χ4n) is 1.54. The van der Waals surface area contributed by atoms with E-state index >= 15 is 0 Å². The van der Waals surface area contributed by atoms with Crippen LogP contribution in [0.5, 0.6) is 5.75 Å². The van der Waals surface area contributed by atoms with Gasteiger partial charge in [0.15, 0.2) is 0 Å². The van der Waals surface area contributed by atoms with Gasteiger partial charge in [-0.15, -0.1) is 6.58 Å². The first-order valence-electron chi connectivity index (χ1n) is 6.71. The number of amides is 2. The number of aromatic carboxylic acids is 1. The number of carbonyl (C=O) groups excluding carboxylic acids is 2. The van der Waals surface area contributed by atoms with E-state index in [4.69, 9.17) is 9.84 Å². The highest BCUT2D eigenvalue weighted by Gasteiger charge is 2.12. The highest BCUT2D eigenvalue weighted by Crippen LogP contribution is 2.19. The first-order chi connectivity index (χ1) is 11.0. The molecule has 8 heteroatoms. The lowest BCUT2D eigenvalue weighted by Crippen LogP contribution is -2.37. The van der Waals surface area contributed by atoms with Crippen molar-refractivity contribution < 1.29 is 24.2 Å². The van der Waals surface area contributed by atoms with Gasteiger partial charge in [-0.05, 0) is 30.7 Å². The van der Waals surface area contributed by atoms with Gasteiger partial charge in [0.05, 0.1) is 12.8 Å². The number of carbonyl (C=O) groups is 3. The molecule has 0 aliphatic heterocycles. The monoisotopic (exact) mass is 319 g/mol. The second kappa shape index (κ2) is 8.98. The van der Waals surface area contributed by atoms with Crippen molar-refractivity contribution in [1.29, 1.82) is 0 Å². The largest absolute Gasteiger partial charge is 0.493 e. The predicted octanol–water partition coefficient (Wildman–Crippen LogP) is 0.536. The minimum absolute atomic E-state index is 0.0224. The van der Waals surface area contributed by atoms with Crippen LogP contribution in [-0.4, -0.2) is 42.3 Å². The number of carboxylic acid groups (broad SMARTS) is 1. The molecule has 0 fully saturated rings. The number of rotatable bonds is 7. The second-order valence-corrected chi connectivity index (χ2v) is 4.19. The number of hydrazone groups is 1. The Labute approximate surface area is 132 Å². The Bertz CT molecular complexity index is 640. The molecule has 1 rings (SSSR count). The molecule has 0 aliphatic carbocycles. The Balaban J connectivity index is 2.75. The Kier molecular flexibility index (Phi) is 6.99. The molecule has 3 N–H and O–H groups in total. The van der Waals surface area contributed by atoms with Gasteiger partial charge in [-0.1, -0.05) is 6.08 Å². The van der Waals surface area contributed by atoms with Crippen LogP contribution in [0.15, 0.2) is 36.0 Å². The van der Waals surface area contributed by atoms with Crippen molar-refractivity contribution in [3.8, 4) is 5.75 Å². The van der Waals surface area contributed by atoms with Gasteiger partial charge in [0, 0.05) is 6.54 Å². The molecule has 1 aromatic carbocycles. The summed E-state index contributed by atoms with van der Waals surface area (Å²) < 4.78 is 5.21. The van der Waals surface area contributed by atoms with Gasteiger partial charge in [-0.3, -0.25) is 9.59 Å². The van der Waals surface area contributed by atoms with Crippen molar-refractivity contribution in [2.45, 2.75) is 6.92 Å². The van der Waals surface area contributed by atoms with Crippen molar-refractivity contribution in [1.82, 2.24) is 10.7 Å². The smallest absolute Gasteiger partial charge is 0.339 e. The molecule has 1 aromatic rings. The molecule has 2 amide bonds. The summed E-state index contributed by atoms with van der Waals surface area (Å²) in [5.74, 6) is -2.69. The van der Waals surface area contributed by atoms with Crippen LogP contribution in [0.1, 0.15) is 22.8 Å². The highest BCUT2D eigenvalue weighted by atomic mass is 16.5. The normalized spacial score (nSPS) is 10.1. The Morgan fingerprint density at radius 3 is 2.70 bits per heavy atom. The molecule has 0 heterocycles. The van der Waals surface area contributed by atoms with E-state index in [0.29, 0.717) is 12.2 Å². The van der Waals surface area contributed by atoms with E-state index in [1.807, 2.05) is 5.43 Å². The lowest BCUT2D eigenvalue weighted by Gasteiger charge is -2.07. The van der Waals surface area contributed by atoms with Crippen molar-refractivity contribution in [2.24, 2.45) is 5.10 Å². The fraction of sp³-hybridized carbons (Fsp3) is 0.200.